The molecule has 3 heterocycles. The van der Waals surface area contributed by atoms with E-state index in [1.165, 1.54) is 22.3 Å². The van der Waals surface area contributed by atoms with E-state index in [0.29, 0.717) is 13.1 Å². The van der Waals surface area contributed by atoms with Crippen molar-refractivity contribution in [2.45, 2.75) is 51.8 Å². The second kappa shape index (κ2) is 6.61. The smallest absolute Gasteiger partial charge is 0.219 e. The lowest BCUT2D eigenvalue weighted by atomic mass is 9.90. The highest BCUT2D eigenvalue weighted by molar-refractivity contribution is 6.02. The number of piperidine rings is 1. The molecule has 0 N–H and O–H groups in total. The van der Waals surface area contributed by atoms with Gasteiger partial charge in [0.2, 0.25) is 11.6 Å². The number of fused-ring (bicyclic) bond motifs is 4. The first-order valence-electron chi connectivity index (χ1n) is 10.4. The van der Waals surface area contributed by atoms with E-state index in [1.807, 2.05) is 11.0 Å². The van der Waals surface area contributed by atoms with Gasteiger partial charge in [0.25, 0.3) is 0 Å². The van der Waals surface area contributed by atoms with E-state index in [2.05, 4.69) is 55.3 Å². The van der Waals surface area contributed by atoms with Crippen LogP contribution in [0.2, 0.25) is 0 Å². The maximum Gasteiger partial charge on any atom is 0.219 e. The van der Waals surface area contributed by atoms with Crippen molar-refractivity contribution >= 4 is 11.6 Å². The lowest BCUT2D eigenvalue weighted by Gasteiger charge is -2.51. The molecule has 0 radical (unpaired) electrons. The Morgan fingerprint density at radius 1 is 1.10 bits per heavy atom. The predicted molar refractivity (Wildman–Crippen MR) is 113 cm³/mol. The van der Waals surface area contributed by atoms with Crippen LogP contribution in [-0.2, 0) is 4.79 Å². The number of amides is 1. The topological polar surface area (TPSA) is 45.1 Å². The van der Waals surface area contributed by atoms with Gasteiger partial charge in [0.1, 0.15) is 5.75 Å². The molecule has 1 spiro atoms. The van der Waals surface area contributed by atoms with E-state index in [1.54, 1.807) is 6.92 Å². The largest absolute Gasteiger partial charge is 0.466 e. The van der Waals surface area contributed by atoms with Crippen LogP contribution in [0.5, 0.6) is 5.75 Å². The Labute approximate surface area is 172 Å². The number of hydrogen-bond acceptors (Lipinski definition) is 4. The van der Waals surface area contributed by atoms with Gasteiger partial charge in [-0.05, 0) is 42.7 Å². The molecule has 0 saturated carbocycles. The molecule has 5 heteroatoms. The van der Waals surface area contributed by atoms with Gasteiger partial charge < -0.3 is 9.64 Å². The fourth-order valence-corrected chi connectivity index (χ4v) is 4.83. The highest BCUT2D eigenvalue weighted by Gasteiger charge is 2.52. The van der Waals surface area contributed by atoms with Gasteiger partial charge in [0, 0.05) is 44.8 Å². The number of hydrogen-bond donors (Lipinski definition) is 0. The third kappa shape index (κ3) is 2.91. The minimum absolute atomic E-state index is 0.133. The van der Waals surface area contributed by atoms with Crippen molar-refractivity contribution in [3.05, 3.63) is 64.7 Å². The summed E-state index contributed by atoms with van der Waals surface area (Å²) in [5.41, 5.74) is 5.62. The van der Waals surface area contributed by atoms with Gasteiger partial charge in [-0.15, -0.1) is 0 Å². The molecule has 2 aromatic rings. The van der Waals surface area contributed by atoms with Crippen molar-refractivity contribution in [3.8, 4) is 5.75 Å². The van der Waals surface area contributed by atoms with Gasteiger partial charge in [-0.1, -0.05) is 30.3 Å². The molecule has 3 aliphatic rings. The summed E-state index contributed by atoms with van der Waals surface area (Å²) in [6, 6.07) is 15.1. The Hall–Kier alpha value is -2.82. The Balaban J connectivity index is 1.54. The summed E-state index contributed by atoms with van der Waals surface area (Å²) in [5, 5.41) is 7.32. The van der Waals surface area contributed by atoms with Crippen LogP contribution >= 0.6 is 0 Å². The van der Waals surface area contributed by atoms with Crippen LogP contribution in [0.1, 0.15) is 54.5 Å². The minimum atomic E-state index is -0.480. The molecular weight excluding hydrogens is 362 g/mol. The van der Waals surface area contributed by atoms with E-state index in [4.69, 9.17) is 9.84 Å². The third-order valence-corrected chi connectivity index (χ3v) is 6.74. The predicted octanol–water partition coefficient (Wildman–Crippen LogP) is 4.19. The summed E-state index contributed by atoms with van der Waals surface area (Å²) < 4.78 is 6.61. The van der Waals surface area contributed by atoms with E-state index in [0.717, 1.165) is 30.7 Å². The van der Waals surface area contributed by atoms with Crippen LogP contribution in [0.15, 0.2) is 47.6 Å². The minimum Gasteiger partial charge on any atom is -0.466 e. The van der Waals surface area contributed by atoms with Crippen LogP contribution in [0.4, 0.5) is 0 Å². The summed E-state index contributed by atoms with van der Waals surface area (Å²) in [4.78, 5) is 13.7. The van der Waals surface area contributed by atoms with Gasteiger partial charge in [-0.25, -0.2) is 5.01 Å². The molecule has 3 aliphatic heterocycles. The highest BCUT2D eigenvalue weighted by atomic mass is 16.5. The van der Waals surface area contributed by atoms with Gasteiger partial charge >= 0.3 is 0 Å². The highest BCUT2D eigenvalue weighted by Crippen LogP contribution is 2.49. The number of carbonyl (C=O) groups excluding carboxylic acids is 1. The second-order valence-corrected chi connectivity index (χ2v) is 8.50. The first-order valence-corrected chi connectivity index (χ1v) is 10.4. The summed E-state index contributed by atoms with van der Waals surface area (Å²) in [5.74, 6) is 1.09. The number of benzene rings is 2. The van der Waals surface area contributed by atoms with Crippen LogP contribution in [0, 0.1) is 13.8 Å². The number of likely N-dealkylation sites (tertiary alicyclic amines) is 1. The molecule has 5 nitrogen and oxygen atoms in total. The zero-order valence-electron chi connectivity index (χ0n) is 17.3. The summed E-state index contributed by atoms with van der Waals surface area (Å²) in [7, 11) is 0. The number of aryl methyl sites for hydroxylation is 2. The monoisotopic (exact) mass is 389 g/mol. The molecule has 29 heavy (non-hydrogen) atoms. The van der Waals surface area contributed by atoms with E-state index >= 15 is 0 Å². The molecule has 1 saturated heterocycles. The molecule has 1 atom stereocenters. The third-order valence-electron chi connectivity index (χ3n) is 6.74. The number of para-hydroxylation sites is 1. The normalized spacial score (nSPS) is 22.0. The molecule has 1 amide bonds. The number of ether oxygens (including phenoxy) is 1. The Morgan fingerprint density at radius 2 is 1.86 bits per heavy atom. The summed E-state index contributed by atoms with van der Waals surface area (Å²) >= 11 is 0. The molecule has 0 bridgehead atoms. The SMILES string of the molecule is CC(=O)N1CCC2(CC1)Oc1ccccc1[C@@H]1CC(c3ccc(C)c(C)c3)=NN12. The van der Waals surface area contributed by atoms with Crippen LogP contribution in [-0.4, -0.2) is 40.3 Å². The van der Waals surface area contributed by atoms with Crippen molar-refractivity contribution in [2.24, 2.45) is 5.10 Å². The molecule has 0 unspecified atom stereocenters. The zero-order valence-corrected chi connectivity index (χ0v) is 17.3. The van der Waals surface area contributed by atoms with Gasteiger partial charge in [0.15, 0.2) is 0 Å². The molecule has 5 rings (SSSR count). The molecule has 1 fully saturated rings. The first kappa shape index (κ1) is 18.2. The fourth-order valence-electron chi connectivity index (χ4n) is 4.83. The molecular formula is C24H27N3O2. The van der Waals surface area contributed by atoms with Crippen LogP contribution in [0.25, 0.3) is 0 Å². The second-order valence-electron chi connectivity index (χ2n) is 8.50. The zero-order chi connectivity index (χ0) is 20.2. The van der Waals surface area contributed by atoms with E-state index in [-0.39, 0.29) is 11.9 Å². The molecule has 2 aromatic carbocycles. The Morgan fingerprint density at radius 3 is 2.59 bits per heavy atom. The molecule has 0 aromatic heterocycles. The van der Waals surface area contributed by atoms with E-state index in [9.17, 15) is 4.79 Å². The van der Waals surface area contributed by atoms with Crippen molar-refractivity contribution < 1.29 is 9.53 Å². The van der Waals surface area contributed by atoms with E-state index < -0.39 is 5.72 Å². The van der Waals surface area contributed by atoms with Crippen molar-refractivity contribution in [3.63, 3.8) is 0 Å². The van der Waals surface area contributed by atoms with Crippen molar-refractivity contribution in [1.82, 2.24) is 9.91 Å². The molecule has 0 aliphatic carbocycles. The average molecular weight is 389 g/mol. The lowest BCUT2D eigenvalue weighted by Crippen LogP contribution is -2.59. The van der Waals surface area contributed by atoms with Crippen LogP contribution < -0.4 is 4.74 Å². The fraction of sp³-hybridized carbons (Fsp3) is 0.417. The van der Waals surface area contributed by atoms with Crippen molar-refractivity contribution in [1.29, 1.82) is 0 Å². The average Bonchev–Trinajstić information content (AvgIpc) is 3.17. The van der Waals surface area contributed by atoms with Gasteiger partial charge in [0.05, 0.1) is 11.8 Å². The van der Waals surface area contributed by atoms with Crippen molar-refractivity contribution in [2.75, 3.05) is 13.1 Å². The Bertz CT molecular complexity index is 1000. The maximum atomic E-state index is 11.8. The number of hydrazone groups is 1. The standard InChI is InChI=1S/C24H27N3O2/c1-16-8-9-19(14-17(16)2)21-15-22-20-6-4-5-7-23(20)29-24(27(22)25-21)10-12-26(13-11-24)18(3)28/h4-9,14,22H,10-13,15H2,1-3H3/t22-/m0/s1. The molecule has 150 valence electrons. The maximum absolute atomic E-state index is 11.8. The lowest BCUT2D eigenvalue weighted by molar-refractivity contribution is -0.158. The number of carbonyl (C=O) groups is 1. The van der Waals surface area contributed by atoms with Gasteiger partial charge in [-0.2, -0.15) is 5.10 Å². The van der Waals surface area contributed by atoms with Gasteiger partial charge in [-0.3, -0.25) is 4.79 Å². The van der Waals surface area contributed by atoms with Crippen LogP contribution in [0.3, 0.4) is 0 Å². The Kier molecular flexibility index (Phi) is 4.16. The summed E-state index contributed by atoms with van der Waals surface area (Å²) in [6.45, 7) is 7.34. The number of nitrogens with zero attached hydrogens (tertiary/aromatic N) is 3. The summed E-state index contributed by atoms with van der Waals surface area (Å²) in [6.07, 6.45) is 2.41. The quantitative estimate of drug-likeness (QED) is 0.735. The number of rotatable bonds is 1. The first-order chi connectivity index (χ1) is 14.0.